The Morgan fingerprint density at radius 3 is 2.08 bits per heavy atom. The Balaban J connectivity index is 2.05. The highest BCUT2D eigenvalue weighted by atomic mass is 33.1. The molecule has 0 saturated heterocycles. The second-order valence-corrected chi connectivity index (χ2v) is 21.7. The van der Waals surface area contributed by atoms with Crippen LogP contribution in [0.2, 0.25) is 0 Å². The average Bonchev–Trinajstić information content (AvgIpc) is 3.43. The van der Waals surface area contributed by atoms with E-state index in [1.165, 1.54) is 28.5 Å². The number of hydrogen-bond acceptors (Lipinski definition) is 13. The van der Waals surface area contributed by atoms with Gasteiger partial charge in [-0.05, 0) is 91.8 Å². The molecule has 1 heterocycles. The van der Waals surface area contributed by atoms with Crippen molar-refractivity contribution in [1.82, 2.24) is 31.3 Å². The van der Waals surface area contributed by atoms with Crippen LogP contribution in [0.5, 0.6) is 5.75 Å². The quantitative estimate of drug-likeness (QED) is 0.0427. The number of carbonyl (C=O) groups is 6. The van der Waals surface area contributed by atoms with Crippen molar-refractivity contribution in [2.75, 3.05) is 25.4 Å². The lowest BCUT2D eigenvalue weighted by atomic mass is 9.94. The fourth-order valence-corrected chi connectivity index (χ4v) is 9.77. The number of aliphatic carboxylic acids is 1. The molecule has 0 radical (unpaired) electrons. The molecule has 3 atom stereocenters. The van der Waals surface area contributed by atoms with Crippen LogP contribution in [0.25, 0.3) is 0 Å². The number of benzene rings is 1. The van der Waals surface area contributed by atoms with Crippen molar-refractivity contribution in [2.45, 2.75) is 141 Å². The summed E-state index contributed by atoms with van der Waals surface area (Å²) in [6, 6.07) is -3.55. The number of fused-ring (bicyclic) bond motifs is 1. The van der Waals surface area contributed by atoms with Gasteiger partial charge in [-0.2, -0.15) is 0 Å². The summed E-state index contributed by atoms with van der Waals surface area (Å²) in [4.78, 5) is 79.6. The summed E-state index contributed by atoms with van der Waals surface area (Å²) in [6.07, 6.45) is -0.274. The molecule has 60 heavy (non-hydrogen) atoms. The lowest BCUT2D eigenvalue weighted by molar-refractivity contribution is -0.138. The molecular formula is C38H62N8O11S3. The van der Waals surface area contributed by atoms with Crippen molar-refractivity contribution in [2.24, 2.45) is 10.7 Å². The number of ether oxygens (including phenoxy) is 2. The summed E-state index contributed by atoms with van der Waals surface area (Å²) in [5.74, 6) is -3.94. The number of rotatable bonds is 19. The Bertz CT molecular complexity index is 1930. The van der Waals surface area contributed by atoms with Gasteiger partial charge < -0.3 is 46.9 Å². The number of hydrogen-bond donors (Lipinski definition) is 8. The number of amides is 5. The molecule has 0 spiro atoms. The second kappa shape index (κ2) is 21.4. The van der Waals surface area contributed by atoms with E-state index in [1.807, 2.05) is 34.6 Å². The molecule has 0 saturated carbocycles. The van der Waals surface area contributed by atoms with Crippen LogP contribution in [0.1, 0.15) is 97.4 Å². The normalized spacial score (nSPS) is 15.3. The van der Waals surface area contributed by atoms with Gasteiger partial charge in [-0.25, -0.2) is 17.9 Å². The van der Waals surface area contributed by atoms with Crippen molar-refractivity contribution < 1.29 is 51.8 Å². The standard InChI is InChI=1S/C38H62N8O11S3/c1-20-21(2)30(22(3)24-16-38(11,12)56-29(20)24)60(54,55)46-34(39)40-15-13-14-25(32(51)42-18-28(48)49)44-31(50)23(4)43-27(47)17-41-33(52)26(19-58-59-37(8,9)10)45-35(53)57-36(5,6)7/h23,25-26H,13-19H2,1-12H3,(H,41,52)(H,42,51)(H,43,47)(H,44,50)(H,45,53)(H,48,49)(H3,39,40,46)/t23-,25-,26-/m0/s1. The number of nitrogens with one attached hydrogen (secondary N) is 6. The van der Waals surface area contributed by atoms with E-state index < -0.39 is 94.1 Å². The number of guanidine groups is 1. The van der Waals surface area contributed by atoms with Gasteiger partial charge in [-0.3, -0.25) is 29.0 Å². The van der Waals surface area contributed by atoms with Crippen molar-refractivity contribution in [3.05, 3.63) is 22.3 Å². The van der Waals surface area contributed by atoms with E-state index in [-0.39, 0.29) is 34.8 Å². The predicted octanol–water partition coefficient (Wildman–Crippen LogP) is 2.08. The first kappa shape index (κ1) is 51.7. The van der Waals surface area contributed by atoms with Gasteiger partial charge in [0, 0.05) is 29.0 Å². The number of nitrogens with zero attached hydrogens (tertiary/aromatic N) is 1. The predicted molar refractivity (Wildman–Crippen MR) is 231 cm³/mol. The Hall–Kier alpha value is -4.44. The SMILES string of the molecule is Cc1c(C)c(S(=O)(=O)NC(N)=NCCC[C@H](NC(=O)[C@H](C)NC(=O)CNC(=O)[C@H](CSSC(C)(C)C)NC(=O)OC(C)(C)C)C(=O)NCC(=O)O)c(C)c2c1OC(C)(C)C2. The zero-order valence-corrected chi connectivity index (χ0v) is 38.9. The third-order valence-electron chi connectivity index (χ3n) is 8.52. The highest BCUT2D eigenvalue weighted by Crippen LogP contribution is 2.43. The monoisotopic (exact) mass is 902 g/mol. The zero-order valence-electron chi connectivity index (χ0n) is 36.5. The van der Waals surface area contributed by atoms with E-state index in [4.69, 9.17) is 20.3 Å². The molecule has 1 aromatic carbocycles. The topological polar surface area (TPSA) is 286 Å². The molecule has 0 aliphatic carbocycles. The molecule has 9 N–H and O–H groups in total. The highest BCUT2D eigenvalue weighted by Gasteiger charge is 2.37. The smallest absolute Gasteiger partial charge is 0.408 e. The van der Waals surface area contributed by atoms with Gasteiger partial charge in [0.1, 0.15) is 41.6 Å². The first-order chi connectivity index (χ1) is 27.4. The van der Waals surface area contributed by atoms with Crippen LogP contribution in [0.3, 0.4) is 0 Å². The molecule has 19 nitrogen and oxygen atoms in total. The number of nitrogens with two attached hydrogens (primary N) is 1. The number of aliphatic imine (C=N–C) groups is 1. The fraction of sp³-hybridized carbons (Fsp3) is 0.658. The molecule has 0 bridgehead atoms. The lowest BCUT2D eigenvalue weighted by Crippen LogP contribution is -2.55. The molecule has 0 fully saturated rings. The van der Waals surface area contributed by atoms with Crippen LogP contribution in [-0.4, -0.2) is 115 Å². The second-order valence-electron chi connectivity index (χ2n) is 16.9. The van der Waals surface area contributed by atoms with Gasteiger partial charge in [-0.1, -0.05) is 42.4 Å². The number of sulfonamides is 1. The van der Waals surface area contributed by atoms with Gasteiger partial charge in [0.05, 0.1) is 11.4 Å². The summed E-state index contributed by atoms with van der Waals surface area (Å²) in [5, 5.41) is 21.2. The van der Waals surface area contributed by atoms with Crippen LogP contribution < -0.4 is 41.8 Å². The van der Waals surface area contributed by atoms with Crippen LogP contribution in [0.4, 0.5) is 4.79 Å². The third kappa shape index (κ3) is 16.9. The fourth-order valence-electron chi connectivity index (χ4n) is 5.78. The number of carboxylic acid groups (broad SMARTS) is 1. The minimum atomic E-state index is -4.17. The highest BCUT2D eigenvalue weighted by molar-refractivity contribution is 8.77. The molecule has 1 aromatic rings. The van der Waals surface area contributed by atoms with Crippen molar-refractivity contribution in [3.63, 3.8) is 0 Å². The van der Waals surface area contributed by atoms with Crippen LogP contribution in [-0.2, 0) is 45.2 Å². The number of carbonyl (C=O) groups excluding carboxylic acids is 5. The molecule has 0 aromatic heterocycles. The summed E-state index contributed by atoms with van der Waals surface area (Å²) in [5.41, 5.74) is 7.23. The van der Waals surface area contributed by atoms with Crippen molar-refractivity contribution in [1.29, 1.82) is 0 Å². The zero-order chi connectivity index (χ0) is 46.0. The number of carboxylic acids is 1. The summed E-state index contributed by atoms with van der Waals surface area (Å²) < 4.78 is 40.6. The van der Waals surface area contributed by atoms with Crippen molar-refractivity contribution >= 4 is 73.3 Å². The maximum Gasteiger partial charge on any atom is 0.408 e. The van der Waals surface area contributed by atoms with E-state index in [2.05, 4.69) is 36.3 Å². The molecule has 0 unspecified atom stereocenters. The Morgan fingerprint density at radius 1 is 0.900 bits per heavy atom. The van der Waals surface area contributed by atoms with Crippen LogP contribution >= 0.6 is 21.6 Å². The van der Waals surface area contributed by atoms with E-state index in [0.29, 0.717) is 28.9 Å². The first-order valence-electron chi connectivity index (χ1n) is 19.2. The molecule has 338 valence electrons. The summed E-state index contributed by atoms with van der Waals surface area (Å²) in [7, 11) is -1.32. The maximum atomic E-state index is 13.5. The molecule has 5 amide bonds. The van der Waals surface area contributed by atoms with Gasteiger partial charge in [0.15, 0.2) is 0 Å². The summed E-state index contributed by atoms with van der Waals surface area (Å²) >= 11 is 0. The molecule has 1 aliphatic rings. The van der Waals surface area contributed by atoms with Gasteiger partial charge in [0.2, 0.25) is 29.6 Å². The maximum absolute atomic E-state index is 13.5. The molecule has 1 aliphatic heterocycles. The van der Waals surface area contributed by atoms with Gasteiger partial charge >= 0.3 is 12.1 Å². The van der Waals surface area contributed by atoms with E-state index in [1.54, 1.807) is 41.5 Å². The minimum Gasteiger partial charge on any atom is -0.487 e. The van der Waals surface area contributed by atoms with E-state index in [9.17, 15) is 37.2 Å². The van der Waals surface area contributed by atoms with E-state index in [0.717, 1.165) is 5.56 Å². The van der Waals surface area contributed by atoms with Gasteiger partial charge in [0.25, 0.3) is 10.0 Å². The molecular weight excluding hydrogens is 841 g/mol. The minimum absolute atomic E-state index is 0.0731. The number of alkyl carbamates (subject to hydrolysis) is 1. The van der Waals surface area contributed by atoms with Crippen LogP contribution in [0.15, 0.2) is 9.89 Å². The lowest BCUT2D eigenvalue weighted by Gasteiger charge is -2.24. The van der Waals surface area contributed by atoms with E-state index >= 15 is 0 Å². The molecule has 22 heteroatoms. The third-order valence-corrected chi connectivity index (χ3v) is 13.5. The Kier molecular flexibility index (Phi) is 18.4. The van der Waals surface area contributed by atoms with Crippen molar-refractivity contribution in [3.8, 4) is 5.75 Å². The molecule has 2 rings (SSSR count). The van der Waals surface area contributed by atoms with Crippen LogP contribution in [0, 0.1) is 20.8 Å². The van der Waals surface area contributed by atoms with Gasteiger partial charge in [-0.15, -0.1) is 0 Å². The Labute approximate surface area is 360 Å². The average molecular weight is 903 g/mol. The Morgan fingerprint density at radius 2 is 1.50 bits per heavy atom. The first-order valence-corrected chi connectivity index (χ1v) is 23.0. The largest absolute Gasteiger partial charge is 0.487 e. The summed E-state index contributed by atoms with van der Waals surface area (Å²) in [6.45, 7) is 20.0.